The summed E-state index contributed by atoms with van der Waals surface area (Å²) < 4.78 is 62.7. The van der Waals surface area contributed by atoms with Crippen molar-refractivity contribution in [2.24, 2.45) is 5.73 Å². The molecule has 29 heavy (non-hydrogen) atoms. The van der Waals surface area contributed by atoms with E-state index in [4.69, 9.17) is 10.5 Å². The Labute approximate surface area is 170 Å². The van der Waals surface area contributed by atoms with Gasteiger partial charge in [0.15, 0.2) is 23.2 Å². The standard InChI is InChI=1S/C19H17F4NO4.ClH/c20-12-8-13(21)18(23)19(17(12)22)28-10-15(25)14(24)6-7-16(26)27-9-11-4-2-1-3-5-11;/h1-5,8,14H,6-7,9-10,24H2;1H/t14-;/m0./s1. The first kappa shape index (κ1) is 24.4. The van der Waals surface area contributed by atoms with E-state index in [2.05, 4.69) is 4.74 Å². The van der Waals surface area contributed by atoms with E-state index in [0.717, 1.165) is 5.56 Å². The van der Waals surface area contributed by atoms with E-state index in [1.807, 2.05) is 6.07 Å². The summed E-state index contributed by atoms with van der Waals surface area (Å²) in [5.74, 6) is -9.58. The highest BCUT2D eigenvalue weighted by atomic mass is 35.5. The van der Waals surface area contributed by atoms with Crippen molar-refractivity contribution in [3.63, 3.8) is 0 Å². The summed E-state index contributed by atoms with van der Waals surface area (Å²) in [6.45, 7) is -0.855. The molecule has 10 heteroatoms. The molecule has 0 heterocycles. The van der Waals surface area contributed by atoms with Crippen LogP contribution in [0.2, 0.25) is 0 Å². The van der Waals surface area contributed by atoms with Gasteiger partial charge in [-0.05, 0) is 12.0 Å². The van der Waals surface area contributed by atoms with E-state index < -0.39 is 53.4 Å². The van der Waals surface area contributed by atoms with Crippen LogP contribution in [0.4, 0.5) is 17.6 Å². The fourth-order valence-corrected chi connectivity index (χ4v) is 2.17. The van der Waals surface area contributed by atoms with E-state index >= 15 is 0 Å². The number of benzene rings is 2. The van der Waals surface area contributed by atoms with E-state index in [9.17, 15) is 27.2 Å². The summed E-state index contributed by atoms with van der Waals surface area (Å²) in [7, 11) is 0. The second-order valence-electron chi connectivity index (χ2n) is 5.84. The molecule has 2 aromatic carbocycles. The van der Waals surface area contributed by atoms with E-state index in [-0.39, 0.29) is 37.9 Å². The van der Waals surface area contributed by atoms with Crippen LogP contribution in [0.3, 0.4) is 0 Å². The molecule has 0 fully saturated rings. The summed E-state index contributed by atoms with van der Waals surface area (Å²) in [6, 6.07) is 7.76. The lowest BCUT2D eigenvalue weighted by atomic mass is 10.1. The van der Waals surface area contributed by atoms with Crippen LogP contribution in [-0.2, 0) is 20.9 Å². The number of ketones is 1. The lowest BCUT2D eigenvalue weighted by molar-refractivity contribution is -0.145. The van der Waals surface area contributed by atoms with Gasteiger partial charge in [0.05, 0.1) is 6.04 Å². The van der Waals surface area contributed by atoms with Crippen molar-refractivity contribution < 1.29 is 36.6 Å². The number of Topliss-reactive ketones (excluding diaryl/α,β-unsaturated/α-hetero) is 1. The van der Waals surface area contributed by atoms with Gasteiger partial charge in [-0.25, -0.2) is 8.78 Å². The van der Waals surface area contributed by atoms with Crippen LogP contribution >= 0.6 is 12.4 Å². The number of carbonyl (C=O) groups excluding carboxylic acids is 2. The van der Waals surface area contributed by atoms with E-state index in [1.54, 1.807) is 24.3 Å². The molecule has 0 spiro atoms. The van der Waals surface area contributed by atoms with E-state index in [1.165, 1.54) is 0 Å². The topological polar surface area (TPSA) is 78.6 Å². The smallest absolute Gasteiger partial charge is 0.306 e. The van der Waals surface area contributed by atoms with Crippen LogP contribution in [0.1, 0.15) is 18.4 Å². The second kappa shape index (κ2) is 11.4. The van der Waals surface area contributed by atoms with Crippen molar-refractivity contribution in [2.45, 2.75) is 25.5 Å². The molecule has 0 aromatic heterocycles. The van der Waals surface area contributed by atoms with Gasteiger partial charge in [-0.3, -0.25) is 9.59 Å². The molecule has 0 unspecified atom stereocenters. The van der Waals surface area contributed by atoms with Gasteiger partial charge in [0.1, 0.15) is 13.2 Å². The molecule has 0 amide bonds. The molecule has 2 aromatic rings. The van der Waals surface area contributed by atoms with Crippen LogP contribution in [0.25, 0.3) is 0 Å². The SMILES string of the molecule is Cl.N[C@@H](CCC(=O)OCc1ccccc1)C(=O)COc1c(F)c(F)cc(F)c1F. The molecule has 1 atom stereocenters. The second-order valence-corrected chi connectivity index (χ2v) is 5.84. The van der Waals surface area contributed by atoms with Gasteiger partial charge in [-0.2, -0.15) is 8.78 Å². The largest absolute Gasteiger partial charge is 0.479 e. The Hall–Kier alpha value is -2.65. The molecule has 0 aliphatic heterocycles. The minimum absolute atomic E-state index is 0. The van der Waals surface area contributed by atoms with Crippen molar-refractivity contribution in [1.82, 2.24) is 0 Å². The number of carbonyl (C=O) groups is 2. The Morgan fingerprint density at radius 3 is 2.17 bits per heavy atom. The van der Waals surface area contributed by atoms with Gasteiger partial charge in [-0.15, -0.1) is 12.4 Å². The van der Waals surface area contributed by atoms with E-state index in [0.29, 0.717) is 0 Å². The van der Waals surface area contributed by atoms with Crippen molar-refractivity contribution in [1.29, 1.82) is 0 Å². The fourth-order valence-electron chi connectivity index (χ4n) is 2.17. The van der Waals surface area contributed by atoms with Crippen LogP contribution in [0, 0.1) is 23.3 Å². The maximum Gasteiger partial charge on any atom is 0.306 e. The minimum Gasteiger partial charge on any atom is -0.479 e. The fraction of sp³-hybridized carbons (Fsp3) is 0.263. The summed E-state index contributed by atoms with van der Waals surface area (Å²) in [5, 5.41) is 0. The van der Waals surface area contributed by atoms with Crippen LogP contribution < -0.4 is 10.5 Å². The number of halogens is 5. The third-order valence-electron chi connectivity index (χ3n) is 3.75. The molecular weight excluding hydrogens is 418 g/mol. The Morgan fingerprint density at radius 1 is 1.00 bits per heavy atom. The summed E-state index contributed by atoms with van der Waals surface area (Å²) in [5.41, 5.74) is 6.39. The third-order valence-corrected chi connectivity index (χ3v) is 3.75. The summed E-state index contributed by atoms with van der Waals surface area (Å²) in [6.07, 6.45) is -0.269. The Balaban J connectivity index is 0.00000420. The van der Waals surface area contributed by atoms with Crippen molar-refractivity contribution >= 4 is 24.2 Å². The molecule has 0 radical (unpaired) electrons. The Bertz CT molecular complexity index is 826. The third kappa shape index (κ3) is 7.03. The molecule has 5 nitrogen and oxygen atoms in total. The lowest BCUT2D eigenvalue weighted by Gasteiger charge is -2.13. The van der Waals surface area contributed by atoms with Crippen LogP contribution in [-0.4, -0.2) is 24.4 Å². The van der Waals surface area contributed by atoms with Crippen LogP contribution in [0.5, 0.6) is 5.75 Å². The number of esters is 1. The Kier molecular flexibility index (Phi) is 9.57. The van der Waals surface area contributed by atoms with Gasteiger partial charge in [0.2, 0.25) is 11.6 Å². The highest BCUT2D eigenvalue weighted by Crippen LogP contribution is 2.26. The monoisotopic (exact) mass is 435 g/mol. The average molecular weight is 436 g/mol. The first-order valence-electron chi connectivity index (χ1n) is 8.23. The van der Waals surface area contributed by atoms with Gasteiger partial charge in [-0.1, -0.05) is 30.3 Å². The van der Waals surface area contributed by atoms with Gasteiger partial charge >= 0.3 is 5.97 Å². The average Bonchev–Trinajstić information content (AvgIpc) is 2.69. The molecule has 0 aliphatic rings. The van der Waals surface area contributed by atoms with Gasteiger partial charge in [0.25, 0.3) is 0 Å². The molecule has 158 valence electrons. The number of hydrogen-bond donors (Lipinski definition) is 1. The Morgan fingerprint density at radius 2 is 1.59 bits per heavy atom. The lowest BCUT2D eigenvalue weighted by Crippen LogP contribution is -2.35. The van der Waals surface area contributed by atoms with Gasteiger partial charge < -0.3 is 15.2 Å². The first-order valence-corrected chi connectivity index (χ1v) is 8.23. The van der Waals surface area contributed by atoms with Gasteiger partial charge in [0, 0.05) is 12.5 Å². The van der Waals surface area contributed by atoms with Crippen molar-refractivity contribution in [2.75, 3.05) is 6.61 Å². The quantitative estimate of drug-likeness (QED) is 0.371. The number of nitrogens with two attached hydrogens (primary N) is 1. The molecule has 2 N–H and O–H groups in total. The normalized spacial score (nSPS) is 11.3. The zero-order valence-corrected chi connectivity index (χ0v) is 15.8. The molecule has 0 saturated heterocycles. The van der Waals surface area contributed by atoms with Crippen molar-refractivity contribution in [3.8, 4) is 5.75 Å². The number of ether oxygens (including phenoxy) is 2. The van der Waals surface area contributed by atoms with Crippen molar-refractivity contribution in [3.05, 3.63) is 65.2 Å². The molecule has 0 bridgehead atoms. The molecule has 2 rings (SSSR count). The zero-order chi connectivity index (χ0) is 20.7. The predicted molar refractivity (Wildman–Crippen MR) is 97.5 cm³/mol. The molecule has 0 aliphatic carbocycles. The number of rotatable bonds is 9. The highest BCUT2D eigenvalue weighted by Gasteiger charge is 2.23. The zero-order valence-electron chi connectivity index (χ0n) is 15.0. The maximum atomic E-state index is 13.5. The predicted octanol–water partition coefficient (Wildman–Crippen LogP) is 3.46. The maximum absolute atomic E-state index is 13.5. The molecular formula is C19H18ClF4NO4. The molecule has 0 saturated carbocycles. The van der Waals surface area contributed by atoms with Crippen LogP contribution in [0.15, 0.2) is 36.4 Å². The first-order chi connectivity index (χ1) is 13.3. The highest BCUT2D eigenvalue weighted by molar-refractivity contribution is 5.86. The minimum atomic E-state index is -1.76. The summed E-state index contributed by atoms with van der Waals surface area (Å²) >= 11 is 0. The summed E-state index contributed by atoms with van der Waals surface area (Å²) in [4.78, 5) is 23.6. The number of hydrogen-bond acceptors (Lipinski definition) is 5.